The van der Waals surface area contributed by atoms with Gasteiger partial charge in [-0.25, -0.2) is 22.9 Å². The number of aromatic amines is 1. The summed E-state index contributed by atoms with van der Waals surface area (Å²) in [5.74, 6) is 1.79. The second-order valence-electron chi connectivity index (χ2n) is 8.49. The number of benzene rings is 1. The van der Waals surface area contributed by atoms with Gasteiger partial charge in [-0.15, -0.1) is 0 Å². The van der Waals surface area contributed by atoms with Gasteiger partial charge in [-0.2, -0.15) is 4.31 Å². The van der Waals surface area contributed by atoms with Gasteiger partial charge in [0.05, 0.1) is 29.4 Å². The summed E-state index contributed by atoms with van der Waals surface area (Å²) in [6.07, 6.45) is 1.68. The normalized spacial score (nSPS) is 15.7. The second kappa shape index (κ2) is 10.7. The first-order valence-corrected chi connectivity index (χ1v) is 13.7. The molecule has 0 bridgehead atoms. The molecule has 190 valence electrons. The maximum Gasteiger partial charge on any atom is 0.243 e. The number of H-pyrrole nitrogens is 1. The molecule has 1 aromatic carbocycles. The van der Waals surface area contributed by atoms with Crippen molar-refractivity contribution >= 4 is 27.8 Å². The zero-order valence-corrected chi connectivity index (χ0v) is 22.0. The molecule has 10 nitrogen and oxygen atoms in total. The largest absolute Gasteiger partial charge is 0.493 e. The number of hydrogen-bond acceptors (Lipinski definition) is 8. The van der Waals surface area contributed by atoms with Gasteiger partial charge in [0, 0.05) is 39.1 Å². The molecular formula is C23H32N6O4S2. The highest BCUT2D eigenvalue weighted by molar-refractivity contribution is 7.89. The average Bonchev–Trinajstić information content (AvgIpc) is 3.15. The number of aryl methyl sites for hydroxylation is 2. The Balaban J connectivity index is 1.78. The predicted octanol–water partition coefficient (Wildman–Crippen LogP) is 2.41. The van der Waals surface area contributed by atoms with Gasteiger partial charge < -0.3 is 9.84 Å². The Morgan fingerprint density at radius 1 is 1.17 bits per heavy atom. The van der Waals surface area contributed by atoms with Crippen molar-refractivity contribution in [2.24, 2.45) is 0 Å². The first kappa shape index (κ1) is 25.7. The van der Waals surface area contributed by atoms with Crippen LogP contribution >= 0.6 is 12.2 Å². The van der Waals surface area contributed by atoms with E-state index in [0.29, 0.717) is 61.1 Å². The van der Waals surface area contributed by atoms with E-state index in [9.17, 15) is 8.42 Å². The van der Waals surface area contributed by atoms with Crippen molar-refractivity contribution in [2.75, 3.05) is 45.9 Å². The molecule has 3 heterocycles. The van der Waals surface area contributed by atoms with Crippen LogP contribution in [0.1, 0.15) is 31.8 Å². The lowest BCUT2D eigenvalue weighted by Gasteiger charge is -2.33. The number of piperazine rings is 1. The summed E-state index contributed by atoms with van der Waals surface area (Å²) in [5, 5.41) is 12.4. The van der Waals surface area contributed by atoms with E-state index >= 15 is 0 Å². The minimum absolute atomic E-state index is 0.0596. The summed E-state index contributed by atoms with van der Waals surface area (Å²) in [5.41, 5.74) is 2.07. The van der Waals surface area contributed by atoms with Gasteiger partial charge in [-0.05, 0) is 38.5 Å². The number of ether oxygens (including phenoxy) is 1. The van der Waals surface area contributed by atoms with Gasteiger partial charge in [0.1, 0.15) is 17.1 Å². The second-order valence-corrected chi connectivity index (χ2v) is 10.8. The number of hydrogen-bond donors (Lipinski definition) is 2. The van der Waals surface area contributed by atoms with E-state index in [2.05, 4.69) is 26.9 Å². The standard InChI is InChI=1S/C23H32N6O4S2/c1-4-6-20-24-16(3)21-23(34)25-22(26-29(20)21)18-15-17(7-8-19(18)33-5-2)35(31,32)28-11-9-27(10-12-28)13-14-30/h7-8,15,30H,4-6,9-14H2,1-3H3,(H,25,26,34). The molecule has 0 saturated carbocycles. The molecule has 0 aliphatic carbocycles. The molecule has 0 amide bonds. The molecule has 3 aromatic rings. The predicted molar refractivity (Wildman–Crippen MR) is 136 cm³/mol. The third-order valence-corrected chi connectivity index (χ3v) is 8.30. The summed E-state index contributed by atoms with van der Waals surface area (Å²) < 4.78 is 36.5. The van der Waals surface area contributed by atoms with Crippen molar-refractivity contribution in [1.82, 2.24) is 28.8 Å². The first-order valence-electron chi connectivity index (χ1n) is 11.9. The van der Waals surface area contributed by atoms with Crippen molar-refractivity contribution < 1.29 is 18.3 Å². The van der Waals surface area contributed by atoms with Crippen molar-refractivity contribution in [3.63, 3.8) is 0 Å². The van der Waals surface area contributed by atoms with Crippen LogP contribution in [0.15, 0.2) is 23.1 Å². The Bertz CT molecular complexity index is 1360. The number of fused-ring (bicyclic) bond motifs is 1. The van der Waals surface area contributed by atoms with Crippen molar-refractivity contribution in [3.8, 4) is 17.1 Å². The number of rotatable bonds is 9. The van der Waals surface area contributed by atoms with E-state index in [-0.39, 0.29) is 11.5 Å². The summed E-state index contributed by atoms with van der Waals surface area (Å²) >= 11 is 5.59. The van der Waals surface area contributed by atoms with Gasteiger partial charge in [-0.3, -0.25) is 10.00 Å². The van der Waals surface area contributed by atoms with Crippen LogP contribution in [-0.4, -0.2) is 88.2 Å². The van der Waals surface area contributed by atoms with Gasteiger partial charge in [0.25, 0.3) is 0 Å². The van der Waals surface area contributed by atoms with Crippen LogP contribution in [0.3, 0.4) is 0 Å². The number of aliphatic hydroxyl groups excluding tert-OH is 1. The van der Waals surface area contributed by atoms with Crippen LogP contribution in [-0.2, 0) is 16.4 Å². The lowest BCUT2D eigenvalue weighted by molar-refractivity contribution is 0.151. The Morgan fingerprint density at radius 2 is 1.91 bits per heavy atom. The van der Waals surface area contributed by atoms with Crippen LogP contribution < -0.4 is 4.74 Å². The maximum absolute atomic E-state index is 13.5. The Kier molecular flexibility index (Phi) is 7.86. The fourth-order valence-corrected chi connectivity index (χ4v) is 6.15. The van der Waals surface area contributed by atoms with E-state index < -0.39 is 10.0 Å². The first-order chi connectivity index (χ1) is 16.8. The Morgan fingerprint density at radius 3 is 2.57 bits per heavy atom. The van der Waals surface area contributed by atoms with Gasteiger partial charge in [0.15, 0.2) is 10.5 Å². The highest BCUT2D eigenvalue weighted by Gasteiger charge is 2.29. The molecule has 0 spiro atoms. The van der Waals surface area contributed by atoms with Gasteiger partial charge >= 0.3 is 0 Å². The summed E-state index contributed by atoms with van der Waals surface area (Å²) in [4.78, 5) is 11.5. The Hall–Kier alpha value is -2.38. The molecule has 4 rings (SSSR count). The topological polar surface area (TPSA) is 116 Å². The van der Waals surface area contributed by atoms with Crippen LogP contribution in [0, 0.1) is 11.6 Å². The highest BCUT2D eigenvalue weighted by atomic mass is 32.2. The molecule has 0 unspecified atom stereocenters. The molecule has 12 heteroatoms. The van der Waals surface area contributed by atoms with E-state index in [1.807, 2.05) is 18.4 Å². The summed E-state index contributed by atoms with van der Waals surface area (Å²) in [6, 6.07) is 4.84. The van der Waals surface area contributed by atoms with E-state index in [1.165, 1.54) is 4.31 Å². The number of nitrogens with zero attached hydrogens (tertiary/aromatic N) is 5. The minimum Gasteiger partial charge on any atom is -0.493 e. The zero-order chi connectivity index (χ0) is 25.2. The molecule has 1 saturated heterocycles. The lowest BCUT2D eigenvalue weighted by Crippen LogP contribution is -2.49. The smallest absolute Gasteiger partial charge is 0.243 e. The van der Waals surface area contributed by atoms with Crippen molar-refractivity contribution in [3.05, 3.63) is 34.4 Å². The maximum atomic E-state index is 13.5. The van der Waals surface area contributed by atoms with Crippen molar-refractivity contribution in [2.45, 2.75) is 38.5 Å². The Labute approximate surface area is 210 Å². The highest BCUT2D eigenvalue weighted by Crippen LogP contribution is 2.32. The van der Waals surface area contributed by atoms with Crippen LogP contribution in [0.5, 0.6) is 5.75 Å². The summed E-state index contributed by atoms with van der Waals surface area (Å²) in [7, 11) is -3.73. The molecule has 1 fully saturated rings. The molecule has 1 aliphatic heterocycles. The molecular weight excluding hydrogens is 488 g/mol. The lowest BCUT2D eigenvalue weighted by atomic mass is 10.2. The van der Waals surface area contributed by atoms with Gasteiger partial charge in [0.2, 0.25) is 10.0 Å². The number of β-amino-alcohol motifs (C(OH)–C–C–N with tert-alkyl or cyclic N) is 1. The quantitative estimate of drug-likeness (QED) is 0.413. The van der Waals surface area contributed by atoms with Crippen LogP contribution in [0.2, 0.25) is 0 Å². The number of nitrogens with one attached hydrogen (secondary N) is 1. The molecule has 35 heavy (non-hydrogen) atoms. The monoisotopic (exact) mass is 520 g/mol. The molecule has 1 aliphatic rings. The number of sulfonamides is 1. The van der Waals surface area contributed by atoms with Gasteiger partial charge in [-0.1, -0.05) is 19.1 Å². The molecule has 0 atom stereocenters. The number of imidazole rings is 1. The van der Waals surface area contributed by atoms with E-state index in [0.717, 1.165) is 29.9 Å². The number of aliphatic hydroxyl groups is 1. The fraction of sp³-hybridized carbons (Fsp3) is 0.522. The molecule has 2 N–H and O–H groups in total. The van der Waals surface area contributed by atoms with E-state index in [4.69, 9.17) is 22.1 Å². The minimum atomic E-state index is -3.73. The zero-order valence-electron chi connectivity index (χ0n) is 20.3. The van der Waals surface area contributed by atoms with Crippen molar-refractivity contribution in [1.29, 1.82) is 0 Å². The summed E-state index contributed by atoms with van der Waals surface area (Å²) in [6.45, 7) is 8.77. The fourth-order valence-electron chi connectivity index (χ4n) is 4.38. The van der Waals surface area contributed by atoms with Crippen LogP contribution in [0.25, 0.3) is 16.9 Å². The molecule has 0 radical (unpaired) electrons. The van der Waals surface area contributed by atoms with Crippen LogP contribution in [0.4, 0.5) is 0 Å². The van der Waals surface area contributed by atoms with E-state index in [1.54, 1.807) is 18.2 Å². The third kappa shape index (κ3) is 5.12. The number of aromatic nitrogens is 4. The SMILES string of the molecule is CCCc1nc(C)c2c(=S)nc(-c3cc(S(=O)(=O)N4CCN(CCO)CC4)ccc3OCC)[nH]n12. The molecule has 2 aromatic heterocycles. The average molecular weight is 521 g/mol. The third-order valence-electron chi connectivity index (χ3n) is 6.12.